The number of halogens is 1. The van der Waals surface area contributed by atoms with E-state index in [0.717, 1.165) is 5.56 Å². The van der Waals surface area contributed by atoms with Gasteiger partial charge < -0.3 is 20.5 Å². The molecule has 22 heavy (non-hydrogen) atoms. The van der Waals surface area contributed by atoms with Crippen molar-refractivity contribution < 1.29 is 14.6 Å². The van der Waals surface area contributed by atoms with Gasteiger partial charge in [0.15, 0.2) is 0 Å². The maximum Gasteiger partial charge on any atom is 0.323 e. The summed E-state index contributed by atoms with van der Waals surface area (Å²) < 4.78 is 5.17. The molecule has 0 aliphatic carbocycles. The number of hydrogen-bond donors (Lipinski definition) is 3. The molecule has 3 N–H and O–H groups in total. The lowest BCUT2D eigenvalue weighted by Crippen LogP contribution is -2.19. The number of benzene rings is 2. The van der Waals surface area contributed by atoms with Gasteiger partial charge in [0.2, 0.25) is 0 Å². The normalized spacial score (nSPS) is 10.1. The predicted octanol–water partition coefficient (Wildman–Crippen LogP) is 3.53. The second-order valence-corrected chi connectivity index (χ2v) is 5.03. The van der Waals surface area contributed by atoms with Gasteiger partial charge in [0.1, 0.15) is 5.75 Å². The van der Waals surface area contributed by atoms with Gasteiger partial charge >= 0.3 is 6.03 Å². The SMILES string of the molecule is COc1cc(Cl)ccc1NC(=O)Nc1ccc(CCO)cc1. The minimum atomic E-state index is -0.379. The molecule has 0 aliphatic heterocycles. The van der Waals surface area contributed by atoms with Crippen LogP contribution in [0.3, 0.4) is 0 Å². The number of aliphatic hydroxyl groups excluding tert-OH is 1. The van der Waals surface area contributed by atoms with Crippen molar-refractivity contribution in [2.75, 3.05) is 24.4 Å². The highest BCUT2D eigenvalue weighted by Crippen LogP contribution is 2.27. The highest BCUT2D eigenvalue weighted by Gasteiger charge is 2.08. The van der Waals surface area contributed by atoms with Crippen LogP contribution < -0.4 is 15.4 Å². The first-order valence-corrected chi connectivity index (χ1v) is 7.11. The van der Waals surface area contributed by atoms with Crippen LogP contribution in [0.2, 0.25) is 5.02 Å². The molecule has 0 saturated carbocycles. The van der Waals surface area contributed by atoms with Crippen molar-refractivity contribution in [3.63, 3.8) is 0 Å². The standard InChI is InChI=1S/C16H17ClN2O3/c1-22-15-10-12(17)4-7-14(15)19-16(21)18-13-5-2-11(3-6-13)8-9-20/h2-7,10,20H,8-9H2,1H3,(H2,18,19,21). The summed E-state index contributed by atoms with van der Waals surface area (Å²) in [5, 5.41) is 14.8. The van der Waals surface area contributed by atoms with Gasteiger partial charge in [-0.05, 0) is 36.2 Å². The minimum Gasteiger partial charge on any atom is -0.495 e. The van der Waals surface area contributed by atoms with Crippen LogP contribution in [0.4, 0.5) is 16.2 Å². The van der Waals surface area contributed by atoms with E-state index >= 15 is 0 Å². The molecule has 0 radical (unpaired) electrons. The van der Waals surface area contributed by atoms with E-state index in [2.05, 4.69) is 10.6 Å². The summed E-state index contributed by atoms with van der Waals surface area (Å²) in [4.78, 5) is 12.0. The Morgan fingerprint density at radius 1 is 1.18 bits per heavy atom. The molecule has 2 aromatic rings. The van der Waals surface area contributed by atoms with E-state index in [1.54, 1.807) is 30.3 Å². The fourth-order valence-electron chi connectivity index (χ4n) is 1.94. The highest BCUT2D eigenvalue weighted by molar-refractivity contribution is 6.30. The largest absolute Gasteiger partial charge is 0.495 e. The zero-order valence-electron chi connectivity index (χ0n) is 12.1. The fraction of sp³-hybridized carbons (Fsp3) is 0.188. The molecule has 116 valence electrons. The van der Waals surface area contributed by atoms with Crippen LogP contribution in [0.15, 0.2) is 42.5 Å². The quantitative estimate of drug-likeness (QED) is 0.789. The molecular weight excluding hydrogens is 304 g/mol. The molecule has 2 aromatic carbocycles. The van der Waals surface area contributed by atoms with Crippen LogP contribution in [0.5, 0.6) is 5.75 Å². The van der Waals surface area contributed by atoms with Gasteiger partial charge in [0.25, 0.3) is 0 Å². The Labute approximate surface area is 133 Å². The van der Waals surface area contributed by atoms with E-state index in [1.165, 1.54) is 7.11 Å². The third-order valence-corrected chi connectivity index (χ3v) is 3.26. The van der Waals surface area contributed by atoms with Gasteiger partial charge in [-0.3, -0.25) is 0 Å². The molecule has 0 fully saturated rings. The Bertz CT molecular complexity index is 644. The molecule has 6 heteroatoms. The second kappa shape index (κ2) is 7.68. The maximum atomic E-state index is 12.0. The van der Waals surface area contributed by atoms with Crippen LogP contribution in [-0.2, 0) is 6.42 Å². The van der Waals surface area contributed by atoms with E-state index in [-0.39, 0.29) is 12.6 Å². The molecular formula is C16H17ClN2O3. The summed E-state index contributed by atoms with van der Waals surface area (Å²) in [5.41, 5.74) is 2.20. The van der Waals surface area contributed by atoms with Crippen LogP contribution in [0.25, 0.3) is 0 Å². The lowest BCUT2D eigenvalue weighted by molar-refractivity contribution is 0.262. The molecule has 0 unspecified atom stereocenters. The molecule has 5 nitrogen and oxygen atoms in total. The number of nitrogens with one attached hydrogen (secondary N) is 2. The molecule has 2 amide bonds. The number of ether oxygens (including phenoxy) is 1. The van der Waals surface area contributed by atoms with Gasteiger partial charge in [0.05, 0.1) is 12.8 Å². The van der Waals surface area contributed by atoms with Crippen molar-refractivity contribution >= 4 is 29.0 Å². The predicted molar refractivity (Wildman–Crippen MR) is 87.9 cm³/mol. The number of urea groups is 1. The lowest BCUT2D eigenvalue weighted by Gasteiger charge is -2.11. The summed E-state index contributed by atoms with van der Waals surface area (Å²) in [5.74, 6) is 0.487. The van der Waals surface area contributed by atoms with Crippen molar-refractivity contribution in [1.29, 1.82) is 0 Å². The van der Waals surface area contributed by atoms with Crippen LogP contribution >= 0.6 is 11.6 Å². The zero-order valence-corrected chi connectivity index (χ0v) is 12.9. The number of hydrogen-bond acceptors (Lipinski definition) is 3. The average Bonchev–Trinajstić information content (AvgIpc) is 2.51. The van der Waals surface area contributed by atoms with Crippen molar-refractivity contribution in [3.05, 3.63) is 53.1 Å². The van der Waals surface area contributed by atoms with E-state index in [9.17, 15) is 4.79 Å². The van der Waals surface area contributed by atoms with Gasteiger partial charge in [-0.2, -0.15) is 0 Å². The molecule has 2 rings (SSSR count). The van der Waals surface area contributed by atoms with Crippen molar-refractivity contribution in [2.45, 2.75) is 6.42 Å². The number of carbonyl (C=O) groups excluding carboxylic acids is 1. The first-order valence-electron chi connectivity index (χ1n) is 6.73. The van der Waals surface area contributed by atoms with E-state index in [0.29, 0.717) is 28.6 Å². The molecule has 0 aliphatic rings. The fourth-order valence-corrected chi connectivity index (χ4v) is 2.10. The molecule has 0 atom stereocenters. The Balaban J connectivity index is 2.01. The summed E-state index contributed by atoms with van der Waals surface area (Å²) >= 11 is 5.88. The van der Waals surface area contributed by atoms with E-state index < -0.39 is 0 Å². The first-order chi connectivity index (χ1) is 10.6. The molecule has 0 saturated heterocycles. The Hall–Kier alpha value is -2.24. The Morgan fingerprint density at radius 3 is 2.55 bits per heavy atom. The van der Waals surface area contributed by atoms with E-state index in [1.807, 2.05) is 12.1 Å². The number of rotatable bonds is 5. The topological polar surface area (TPSA) is 70.6 Å². The second-order valence-electron chi connectivity index (χ2n) is 4.59. The number of anilines is 2. The van der Waals surface area contributed by atoms with Gasteiger partial charge in [-0.25, -0.2) is 4.79 Å². The molecule has 0 heterocycles. The van der Waals surface area contributed by atoms with Gasteiger partial charge in [-0.1, -0.05) is 23.7 Å². The first kappa shape index (κ1) is 16.1. The minimum absolute atomic E-state index is 0.101. The lowest BCUT2D eigenvalue weighted by atomic mass is 10.1. The Morgan fingerprint density at radius 2 is 1.91 bits per heavy atom. The third-order valence-electron chi connectivity index (χ3n) is 3.02. The summed E-state index contributed by atoms with van der Waals surface area (Å²) in [6, 6.07) is 11.9. The van der Waals surface area contributed by atoms with Crippen LogP contribution in [0.1, 0.15) is 5.56 Å². The smallest absolute Gasteiger partial charge is 0.323 e. The molecule has 0 spiro atoms. The number of methoxy groups -OCH3 is 1. The number of amides is 2. The molecule has 0 aromatic heterocycles. The molecule has 0 bridgehead atoms. The third kappa shape index (κ3) is 4.38. The summed E-state index contributed by atoms with van der Waals surface area (Å²) in [7, 11) is 1.51. The van der Waals surface area contributed by atoms with Crippen molar-refractivity contribution in [2.24, 2.45) is 0 Å². The Kier molecular flexibility index (Phi) is 5.63. The average molecular weight is 321 g/mol. The highest BCUT2D eigenvalue weighted by atomic mass is 35.5. The monoisotopic (exact) mass is 320 g/mol. The summed E-state index contributed by atoms with van der Waals surface area (Å²) in [6.45, 7) is 0.101. The van der Waals surface area contributed by atoms with Gasteiger partial charge in [0, 0.05) is 23.4 Å². The number of carbonyl (C=O) groups is 1. The van der Waals surface area contributed by atoms with E-state index in [4.69, 9.17) is 21.4 Å². The number of aliphatic hydroxyl groups is 1. The van der Waals surface area contributed by atoms with Crippen LogP contribution in [0, 0.1) is 0 Å². The maximum absolute atomic E-state index is 12.0. The van der Waals surface area contributed by atoms with Crippen LogP contribution in [-0.4, -0.2) is 24.9 Å². The summed E-state index contributed by atoms with van der Waals surface area (Å²) in [6.07, 6.45) is 0.592. The van der Waals surface area contributed by atoms with Gasteiger partial charge in [-0.15, -0.1) is 0 Å². The van der Waals surface area contributed by atoms with Crippen molar-refractivity contribution in [1.82, 2.24) is 0 Å². The zero-order chi connectivity index (χ0) is 15.9. The van der Waals surface area contributed by atoms with Crippen molar-refractivity contribution in [3.8, 4) is 5.75 Å².